The van der Waals surface area contributed by atoms with Crippen LogP contribution in [0.2, 0.25) is 0 Å². The molecule has 0 heterocycles. The van der Waals surface area contributed by atoms with Crippen molar-refractivity contribution in [3.8, 4) is 5.75 Å². The Morgan fingerprint density at radius 3 is 2.88 bits per heavy atom. The van der Waals surface area contributed by atoms with E-state index in [1.807, 2.05) is 0 Å². The Labute approximate surface area is 99.0 Å². The number of rotatable bonds is 6. The molecule has 1 rings (SSSR count). The van der Waals surface area contributed by atoms with Gasteiger partial charge in [-0.25, -0.2) is 9.18 Å². The molecule has 0 saturated carbocycles. The third-order valence-corrected chi connectivity index (χ3v) is 2.05. The Morgan fingerprint density at radius 1 is 1.47 bits per heavy atom. The number of aliphatic hydroxyl groups is 1. The van der Waals surface area contributed by atoms with Crippen LogP contribution in [0.1, 0.15) is 12.5 Å². The molecular weight excluding hydrogens is 227 g/mol. The van der Waals surface area contributed by atoms with E-state index in [0.717, 1.165) is 5.56 Å². The fourth-order valence-electron chi connectivity index (χ4n) is 1.28. The lowest BCUT2D eigenvalue weighted by atomic mass is 10.1. The Morgan fingerprint density at radius 2 is 2.24 bits per heavy atom. The highest BCUT2D eigenvalue weighted by atomic mass is 19.1. The maximum absolute atomic E-state index is 13.3. The normalized spacial score (nSPS) is 10.1. The lowest BCUT2D eigenvalue weighted by Crippen LogP contribution is -2.15. The van der Waals surface area contributed by atoms with Crippen molar-refractivity contribution < 1.29 is 23.8 Å². The van der Waals surface area contributed by atoms with Crippen LogP contribution in [0.5, 0.6) is 5.75 Å². The van der Waals surface area contributed by atoms with Gasteiger partial charge in [0.2, 0.25) is 0 Å². The first kappa shape index (κ1) is 13.4. The molecule has 1 aromatic carbocycles. The van der Waals surface area contributed by atoms with Crippen molar-refractivity contribution in [1.29, 1.82) is 0 Å². The van der Waals surface area contributed by atoms with Crippen LogP contribution in [0, 0.1) is 5.82 Å². The highest BCUT2D eigenvalue weighted by molar-refractivity contribution is 5.71. The second kappa shape index (κ2) is 6.85. The Hall–Kier alpha value is -1.62. The summed E-state index contributed by atoms with van der Waals surface area (Å²) in [6.45, 7) is 1.59. The molecule has 0 unspecified atom stereocenters. The zero-order valence-electron chi connectivity index (χ0n) is 9.61. The van der Waals surface area contributed by atoms with Crippen molar-refractivity contribution in [3.05, 3.63) is 29.6 Å². The van der Waals surface area contributed by atoms with Gasteiger partial charge in [0.25, 0.3) is 0 Å². The third-order valence-electron chi connectivity index (χ3n) is 2.05. The van der Waals surface area contributed by atoms with Crippen LogP contribution < -0.4 is 4.74 Å². The first-order valence-corrected chi connectivity index (χ1v) is 5.35. The van der Waals surface area contributed by atoms with Gasteiger partial charge in [0, 0.05) is 6.61 Å². The molecule has 0 aliphatic carbocycles. The summed E-state index contributed by atoms with van der Waals surface area (Å²) >= 11 is 0. The van der Waals surface area contributed by atoms with Gasteiger partial charge >= 0.3 is 5.97 Å². The molecule has 0 aliphatic rings. The fraction of sp³-hybridized carbons (Fsp3) is 0.417. The van der Waals surface area contributed by atoms with Crippen molar-refractivity contribution in [2.45, 2.75) is 13.3 Å². The summed E-state index contributed by atoms with van der Waals surface area (Å²) in [6.07, 6.45) is 0.413. The number of benzene rings is 1. The van der Waals surface area contributed by atoms with Crippen LogP contribution >= 0.6 is 0 Å². The van der Waals surface area contributed by atoms with E-state index in [-0.39, 0.29) is 25.6 Å². The van der Waals surface area contributed by atoms with Crippen molar-refractivity contribution in [2.24, 2.45) is 0 Å². The van der Waals surface area contributed by atoms with Gasteiger partial charge in [0.1, 0.15) is 0 Å². The minimum Gasteiger partial charge on any atom is -0.479 e. The summed E-state index contributed by atoms with van der Waals surface area (Å²) in [5.74, 6) is -1.10. The number of hydrogen-bond donors (Lipinski definition) is 1. The van der Waals surface area contributed by atoms with Crippen LogP contribution in [0.15, 0.2) is 18.2 Å². The number of halogens is 1. The van der Waals surface area contributed by atoms with Crippen molar-refractivity contribution in [1.82, 2.24) is 0 Å². The van der Waals surface area contributed by atoms with Gasteiger partial charge in [-0.05, 0) is 31.0 Å². The summed E-state index contributed by atoms with van der Waals surface area (Å²) in [4.78, 5) is 11.0. The number of hydrogen-bond acceptors (Lipinski definition) is 4. The van der Waals surface area contributed by atoms with Crippen molar-refractivity contribution >= 4 is 5.97 Å². The van der Waals surface area contributed by atoms with E-state index in [4.69, 9.17) is 9.84 Å². The predicted octanol–water partition coefficient (Wildman–Crippen LogP) is 1.30. The average Bonchev–Trinajstić information content (AvgIpc) is 2.30. The van der Waals surface area contributed by atoms with E-state index in [1.165, 1.54) is 12.1 Å². The number of aliphatic hydroxyl groups excluding tert-OH is 1. The molecule has 0 radical (unpaired) electrons. The summed E-state index contributed by atoms with van der Waals surface area (Å²) in [7, 11) is 0. The molecule has 4 nitrogen and oxygen atoms in total. The van der Waals surface area contributed by atoms with E-state index < -0.39 is 11.8 Å². The molecule has 5 heteroatoms. The standard InChI is InChI=1S/C12H15FO4/c1-2-16-12(15)8-17-11-7-9(5-6-14)3-4-10(11)13/h3-4,7,14H,2,5-6,8H2,1H3. The molecule has 0 aliphatic heterocycles. The Kier molecular flexibility index (Phi) is 5.42. The minimum absolute atomic E-state index is 0.0102. The second-order valence-electron chi connectivity index (χ2n) is 3.33. The number of carbonyl (C=O) groups is 1. The number of ether oxygens (including phenoxy) is 2. The molecule has 17 heavy (non-hydrogen) atoms. The molecule has 0 fully saturated rings. The SMILES string of the molecule is CCOC(=O)COc1cc(CCO)ccc1F. The molecule has 94 valence electrons. The van der Waals surface area contributed by atoms with Crippen LogP contribution in [0.25, 0.3) is 0 Å². The van der Waals surface area contributed by atoms with Crippen molar-refractivity contribution in [3.63, 3.8) is 0 Å². The Balaban J connectivity index is 2.62. The monoisotopic (exact) mass is 242 g/mol. The quantitative estimate of drug-likeness (QED) is 0.764. The minimum atomic E-state index is -0.545. The molecule has 1 aromatic rings. The highest BCUT2D eigenvalue weighted by Crippen LogP contribution is 2.19. The molecule has 0 aromatic heterocycles. The molecule has 0 bridgehead atoms. The molecule has 0 atom stereocenters. The predicted molar refractivity (Wildman–Crippen MR) is 59.3 cm³/mol. The smallest absolute Gasteiger partial charge is 0.344 e. The van der Waals surface area contributed by atoms with E-state index >= 15 is 0 Å². The molecule has 0 spiro atoms. The zero-order chi connectivity index (χ0) is 12.7. The number of carbonyl (C=O) groups excluding carboxylic acids is 1. The first-order valence-electron chi connectivity index (χ1n) is 5.35. The fourth-order valence-corrected chi connectivity index (χ4v) is 1.28. The number of esters is 1. The topological polar surface area (TPSA) is 55.8 Å². The van der Waals surface area contributed by atoms with Crippen LogP contribution in [-0.4, -0.2) is 30.9 Å². The van der Waals surface area contributed by atoms with E-state index in [2.05, 4.69) is 4.74 Å². The summed E-state index contributed by atoms with van der Waals surface area (Å²) in [5.41, 5.74) is 0.743. The van der Waals surface area contributed by atoms with Crippen LogP contribution in [0.3, 0.4) is 0 Å². The lowest BCUT2D eigenvalue weighted by Gasteiger charge is -2.08. The van der Waals surface area contributed by atoms with Gasteiger partial charge in [-0.2, -0.15) is 0 Å². The summed E-state index contributed by atoms with van der Waals surface area (Å²) < 4.78 is 23.0. The van der Waals surface area contributed by atoms with Gasteiger partial charge in [-0.1, -0.05) is 6.07 Å². The highest BCUT2D eigenvalue weighted by Gasteiger charge is 2.08. The van der Waals surface area contributed by atoms with Crippen LogP contribution in [-0.2, 0) is 16.0 Å². The first-order chi connectivity index (χ1) is 8.17. The third kappa shape index (κ3) is 4.40. The van der Waals surface area contributed by atoms with E-state index in [0.29, 0.717) is 6.42 Å². The molecule has 1 N–H and O–H groups in total. The molecular formula is C12H15FO4. The van der Waals surface area contributed by atoms with Gasteiger partial charge < -0.3 is 14.6 Å². The van der Waals surface area contributed by atoms with Crippen molar-refractivity contribution in [2.75, 3.05) is 19.8 Å². The lowest BCUT2D eigenvalue weighted by molar-refractivity contribution is -0.145. The largest absolute Gasteiger partial charge is 0.479 e. The average molecular weight is 242 g/mol. The molecule has 0 amide bonds. The van der Waals surface area contributed by atoms with Gasteiger partial charge in [0.15, 0.2) is 18.2 Å². The second-order valence-corrected chi connectivity index (χ2v) is 3.33. The summed E-state index contributed by atoms with van der Waals surface area (Å²) in [6, 6.07) is 4.26. The van der Waals surface area contributed by atoms with E-state index in [9.17, 15) is 9.18 Å². The van der Waals surface area contributed by atoms with Gasteiger partial charge in [-0.3, -0.25) is 0 Å². The molecule has 0 saturated heterocycles. The van der Waals surface area contributed by atoms with E-state index in [1.54, 1.807) is 13.0 Å². The van der Waals surface area contributed by atoms with Gasteiger partial charge in [0.05, 0.1) is 6.61 Å². The maximum Gasteiger partial charge on any atom is 0.344 e. The summed E-state index contributed by atoms with van der Waals surface area (Å²) in [5, 5.41) is 8.76. The zero-order valence-corrected chi connectivity index (χ0v) is 9.61. The maximum atomic E-state index is 13.3. The van der Waals surface area contributed by atoms with Crippen LogP contribution in [0.4, 0.5) is 4.39 Å². The Bertz CT molecular complexity index is 379. The van der Waals surface area contributed by atoms with Gasteiger partial charge in [-0.15, -0.1) is 0 Å².